The van der Waals surface area contributed by atoms with Crippen LogP contribution in [0.5, 0.6) is 0 Å². The quantitative estimate of drug-likeness (QED) is 0.774. The highest BCUT2D eigenvalue weighted by Crippen LogP contribution is 2.23. The highest BCUT2D eigenvalue weighted by atomic mass is 32.2. The lowest BCUT2D eigenvalue weighted by Gasteiger charge is -2.20. The number of hydrogen-bond acceptors (Lipinski definition) is 5. The Morgan fingerprint density at radius 1 is 1.04 bits per heavy atom. The molecule has 0 spiro atoms. The second kappa shape index (κ2) is 7.57. The molecule has 0 fully saturated rings. The minimum Gasteiger partial charge on any atom is -0.449 e. The first-order valence-electron chi connectivity index (χ1n) is 7.79. The van der Waals surface area contributed by atoms with E-state index in [1.54, 1.807) is 12.1 Å². The van der Waals surface area contributed by atoms with Gasteiger partial charge in [-0.05, 0) is 50.2 Å². The second-order valence-electron chi connectivity index (χ2n) is 5.78. The molecule has 0 unspecified atom stereocenters. The molecule has 26 heavy (non-hydrogen) atoms. The van der Waals surface area contributed by atoms with Gasteiger partial charge in [0.05, 0.1) is 16.1 Å². The lowest BCUT2D eigenvalue weighted by atomic mass is 10.2. The first-order chi connectivity index (χ1) is 12.1. The summed E-state index contributed by atoms with van der Waals surface area (Å²) in [4.78, 5) is 23.0. The van der Waals surface area contributed by atoms with Crippen molar-refractivity contribution in [3.05, 3.63) is 59.7 Å². The van der Waals surface area contributed by atoms with Crippen LogP contribution in [0.4, 0.5) is 5.69 Å². The van der Waals surface area contributed by atoms with Gasteiger partial charge in [-0.15, -0.1) is 0 Å². The van der Waals surface area contributed by atoms with Crippen LogP contribution < -0.4 is 10.0 Å². The third kappa shape index (κ3) is 4.20. The Balaban J connectivity index is 2.20. The van der Waals surface area contributed by atoms with Crippen molar-refractivity contribution in [2.24, 2.45) is 5.73 Å². The molecular formula is C18H20N2O5S. The Hall–Kier alpha value is -2.87. The fourth-order valence-corrected chi connectivity index (χ4v) is 3.30. The molecule has 0 aromatic heterocycles. The molecule has 2 N–H and O–H groups in total. The number of nitrogens with two attached hydrogens (primary N) is 1. The molecule has 0 bridgehead atoms. The van der Waals surface area contributed by atoms with Gasteiger partial charge in [0.25, 0.3) is 15.9 Å². The monoisotopic (exact) mass is 376 g/mol. The average molecular weight is 376 g/mol. The van der Waals surface area contributed by atoms with Gasteiger partial charge >= 0.3 is 5.97 Å². The molecule has 0 saturated carbocycles. The number of rotatable bonds is 6. The van der Waals surface area contributed by atoms with Crippen LogP contribution in [-0.4, -0.2) is 33.4 Å². The number of aryl methyl sites for hydroxylation is 1. The number of primary amides is 1. The van der Waals surface area contributed by atoms with E-state index in [0.29, 0.717) is 5.69 Å². The number of ether oxygens (including phenoxy) is 1. The summed E-state index contributed by atoms with van der Waals surface area (Å²) in [6, 6.07) is 12.3. The number of hydrogen-bond donors (Lipinski definition) is 1. The molecule has 1 atom stereocenters. The Morgan fingerprint density at radius 2 is 1.58 bits per heavy atom. The maximum atomic E-state index is 12.7. The highest BCUT2D eigenvalue weighted by Gasteiger charge is 2.22. The molecule has 0 aliphatic heterocycles. The number of carbonyl (C=O) groups excluding carboxylic acids is 2. The molecule has 138 valence electrons. The summed E-state index contributed by atoms with van der Waals surface area (Å²) < 4.78 is 31.4. The fourth-order valence-electron chi connectivity index (χ4n) is 2.10. The van der Waals surface area contributed by atoms with Gasteiger partial charge in [0.1, 0.15) is 0 Å². The van der Waals surface area contributed by atoms with Gasteiger partial charge in [0, 0.05) is 7.05 Å². The molecule has 0 radical (unpaired) electrons. The molecule has 2 aromatic rings. The maximum absolute atomic E-state index is 12.7. The van der Waals surface area contributed by atoms with E-state index in [1.165, 1.54) is 50.4 Å². The van der Waals surface area contributed by atoms with Crippen molar-refractivity contribution in [1.82, 2.24) is 0 Å². The predicted octanol–water partition coefficient (Wildman–Crippen LogP) is 1.85. The van der Waals surface area contributed by atoms with Crippen molar-refractivity contribution in [1.29, 1.82) is 0 Å². The SMILES string of the molecule is Cc1ccc(S(=O)(=O)N(C)c2ccc(C(=O)O[C@H](C)C(N)=O)cc2)cc1. The lowest BCUT2D eigenvalue weighted by Crippen LogP contribution is -2.30. The molecule has 2 rings (SSSR count). The van der Waals surface area contributed by atoms with E-state index in [0.717, 1.165) is 9.87 Å². The van der Waals surface area contributed by atoms with E-state index in [4.69, 9.17) is 10.5 Å². The van der Waals surface area contributed by atoms with Crippen LogP contribution in [0.15, 0.2) is 53.4 Å². The molecule has 0 aliphatic rings. The molecule has 0 saturated heterocycles. The van der Waals surface area contributed by atoms with Crippen LogP contribution in [0, 0.1) is 6.92 Å². The number of carbonyl (C=O) groups is 2. The Morgan fingerprint density at radius 3 is 2.08 bits per heavy atom. The molecular weight excluding hydrogens is 356 g/mol. The second-order valence-corrected chi connectivity index (χ2v) is 7.75. The summed E-state index contributed by atoms with van der Waals surface area (Å²) in [5.74, 6) is -1.47. The number of esters is 1. The van der Waals surface area contributed by atoms with Gasteiger partial charge in [0.2, 0.25) is 0 Å². The van der Waals surface area contributed by atoms with E-state index in [2.05, 4.69) is 0 Å². The van der Waals surface area contributed by atoms with Crippen LogP contribution >= 0.6 is 0 Å². The molecule has 7 nitrogen and oxygen atoms in total. The van der Waals surface area contributed by atoms with Crippen LogP contribution in [0.1, 0.15) is 22.8 Å². The van der Waals surface area contributed by atoms with Gasteiger partial charge in [-0.25, -0.2) is 13.2 Å². The summed E-state index contributed by atoms with van der Waals surface area (Å²) in [7, 11) is -2.29. The van der Waals surface area contributed by atoms with Gasteiger partial charge in [0.15, 0.2) is 6.10 Å². The molecule has 0 aliphatic carbocycles. The predicted molar refractivity (Wildman–Crippen MR) is 97.3 cm³/mol. The van der Waals surface area contributed by atoms with Crippen molar-refractivity contribution in [3.63, 3.8) is 0 Å². The highest BCUT2D eigenvalue weighted by molar-refractivity contribution is 7.92. The van der Waals surface area contributed by atoms with E-state index in [9.17, 15) is 18.0 Å². The maximum Gasteiger partial charge on any atom is 0.338 e. The number of amides is 1. The van der Waals surface area contributed by atoms with E-state index in [1.807, 2.05) is 6.92 Å². The standard InChI is InChI=1S/C18H20N2O5S/c1-12-4-10-16(11-5-12)26(23,24)20(3)15-8-6-14(7-9-15)18(22)25-13(2)17(19)21/h4-11,13H,1-3H3,(H2,19,21)/t13-/m1/s1. The van der Waals surface area contributed by atoms with E-state index in [-0.39, 0.29) is 10.5 Å². The number of nitrogens with zero attached hydrogens (tertiary/aromatic N) is 1. The van der Waals surface area contributed by atoms with Crippen molar-refractivity contribution in [2.45, 2.75) is 24.8 Å². The number of sulfonamides is 1. The van der Waals surface area contributed by atoms with Crippen molar-refractivity contribution >= 4 is 27.6 Å². The normalized spacial score (nSPS) is 12.3. The van der Waals surface area contributed by atoms with Crippen LogP contribution in [0.25, 0.3) is 0 Å². The van der Waals surface area contributed by atoms with E-state index < -0.39 is 28.0 Å². The van der Waals surface area contributed by atoms with E-state index >= 15 is 0 Å². The third-order valence-corrected chi connectivity index (χ3v) is 5.63. The molecule has 1 amide bonds. The van der Waals surface area contributed by atoms with Crippen molar-refractivity contribution < 1.29 is 22.7 Å². The molecule has 0 heterocycles. The zero-order valence-electron chi connectivity index (χ0n) is 14.7. The summed E-state index contributed by atoms with van der Waals surface area (Å²) in [5.41, 5.74) is 6.57. The van der Waals surface area contributed by atoms with Crippen molar-refractivity contribution in [2.75, 3.05) is 11.4 Å². The van der Waals surface area contributed by atoms with Gasteiger partial charge in [-0.3, -0.25) is 9.10 Å². The van der Waals surface area contributed by atoms with Gasteiger partial charge < -0.3 is 10.5 Å². The topological polar surface area (TPSA) is 107 Å². The minimum atomic E-state index is -3.72. The van der Waals surface area contributed by atoms with Crippen molar-refractivity contribution in [3.8, 4) is 0 Å². The fraction of sp³-hybridized carbons (Fsp3) is 0.222. The zero-order valence-corrected chi connectivity index (χ0v) is 15.5. The Bertz CT molecular complexity index is 906. The molecule has 8 heteroatoms. The Labute approximate surface area is 152 Å². The largest absolute Gasteiger partial charge is 0.449 e. The number of anilines is 1. The average Bonchev–Trinajstić information content (AvgIpc) is 2.61. The van der Waals surface area contributed by atoms with Gasteiger partial charge in [-0.2, -0.15) is 0 Å². The van der Waals surface area contributed by atoms with Crippen LogP contribution in [-0.2, 0) is 19.6 Å². The first-order valence-corrected chi connectivity index (χ1v) is 9.23. The smallest absolute Gasteiger partial charge is 0.338 e. The Kier molecular flexibility index (Phi) is 5.66. The summed E-state index contributed by atoms with van der Waals surface area (Å²) in [6.45, 7) is 3.24. The van der Waals surface area contributed by atoms with Crippen LogP contribution in [0.2, 0.25) is 0 Å². The van der Waals surface area contributed by atoms with Crippen LogP contribution in [0.3, 0.4) is 0 Å². The summed E-state index contributed by atoms with van der Waals surface area (Å²) >= 11 is 0. The third-order valence-electron chi connectivity index (χ3n) is 3.83. The number of benzene rings is 2. The lowest BCUT2D eigenvalue weighted by molar-refractivity contribution is -0.125. The first kappa shape index (κ1) is 19.5. The minimum absolute atomic E-state index is 0.171. The summed E-state index contributed by atoms with van der Waals surface area (Å²) in [5, 5.41) is 0. The zero-order chi connectivity index (χ0) is 19.5. The summed E-state index contributed by atoms with van der Waals surface area (Å²) in [6.07, 6.45) is -1.05. The van der Waals surface area contributed by atoms with Gasteiger partial charge in [-0.1, -0.05) is 17.7 Å². The molecule has 2 aromatic carbocycles.